The van der Waals surface area contributed by atoms with Gasteiger partial charge >= 0.3 is 5.97 Å². The Hall–Kier alpha value is -2.21. The van der Waals surface area contributed by atoms with Gasteiger partial charge in [0.05, 0.1) is 17.2 Å². The van der Waals surface area contributed by atoms with E-state index in [-0.39, 0.29) is 25.0 Å². The second kappa shape index (κ2) is 11.1. The number of nitrogens with two attached hydrogens (primary N) is 1. The molecule has 5 atom stereocenters. The van der Waals surface area contributed by atoms with Crippen LogP contribution in [0, 0.1) is 16.0 Å². The first-order valence-electron chi connectivity index (χ1n) is 9.29. The van der Waals surface area contributed by atoms with Crippen LogP contribution in [0.15, 0.2) is 0 Å². The molecule has 1 heterocycles. The predicted molar refractivity (Wildman–Crippen MR) is 104 cm³/mol. The molecule has 0 aromatic heterocycles. The fraction of sp³-hybridized carbons (Fsp3) is 0.765. The Morgan fingerprint density at radius 2 is 1.97 bits per heavy atom. The molecular formula is C17H27N3O8S. The molecule has 3 N–H and O–H groups in total. The molecule has 1 aliphatic rings. The largest absolute Gasteiger partial charge is 0.480 e. The lowest BCUT2D eigenvalue weighted by Crippen LogP contribution is -2.48. The van der Waals surface area contributed by atoms with Crippen molar-refractivity contribution in [3.05, 3.63) is 10.1 Å². The van der Waals surface area contributed by atoms with Gasteiger partial charge in [-0.2, -0.15) is 12.6 Å². The number of likely N-dealkylation sites (tertiary alicyclic amines) is 1. The maximum absolute atomic E-state index is 12.6. The van der Waals surface area contributed by atoms with E-state index in [0.29, 0.717) is 19.4 Å². The summed E-state index contributed by atoms with van der Waals surface area (Å²) in [6.07, 6.45) is -0.0810. The molecule has 0 aromatic carbocycles. The zero-order valence-electron chi connectivity index (χ0n) is 16.4. The monoisotopic (exact) mass is 433 g/mol. The van der Waals surface area contributed by atoms with Crippen molar-refractivity contribution in [3.8, 4) is 0 Å². The van der Waals surface area contributed by atoms with Crippen LogP contribution in [0.5, 0.6) is 0 Å². The number of Topliss-reactive ketones (excluding diaryl/α,β-unsaturated/α-hetero) is 2. The first-order chi connectivity index (χ1) is 13.5. The highest BCUT2D eigenvalue weighted by atomic mass is 32.1. The maximum Gasteiger partial charge on any atom is 0.326 e. The summed E-state index contributed by atoms with van der Waals surface area (Å²) in [5.74, 6) is -3.45. The van der Waals surface area contributed by atoms with Crippen molar-refractivity contribution in [2.75, 3.05) is 6.54 Å². The second-order valence-corrected chi connectivity index (χ2v) is 7.75. The molecule has 0 radical (unpaired) electrons. The third kappa shape index (κ3) is 7.28. The van der Waals surface area contributed by atoms with Gasteiger partial charge in [-0.25, -0.2) is 4.79 Å². The first kappa shape index (κ1) is 24.8. The first-order valence-corrected chi connectivity index (χ1v) is 9.80. The number of nitrogens with zero attached hydrogens (tertiary/aromatic N) is 2. The lowest BCUT2D eigenvalue weighted by Gasteiger charge is -2.28. The summed E-state index contributed by atoms with van der Waals surface area (Å²) < 4.78 is 0. The summed E-state index contributed by atoms with van der Waals surface area (Å²) in [4.78, 5) is 64.1. The van der Waals surface area contributed by atoms with E-state index in [9.17, 15) is 34.4 Å². The Balaban J connectivity index is 2.58. The predicted octanol–water partition coefficient (Wildman–Crippen LogP) is 0.229. The molecule has 12 heteroatoms. The Morgan fingerprint density at radius 1 is 1.34 bits per heavy atom. The number of amides is 1. The Bertz CT molecular complexity index is 659. The van der Waals surface area contributed by atoms with Crippen molar-refractivity contribution in [1.29, 1.82) is 0 Å². The summed E-state index contributed by atoms with van der Waals surface area (Å²) in [5, 5.41) is 17.4. The van der Waals surface area contributed by atoms with E-state index in [4.69, 9.17) is 5.73 Å². The minimum absolute atomic E-state index is 0.0459. The molecule has 29 heavy (non-hydrogen) atoms. The number of carbonyl (C=O) groups excluding carboxylic acids is 3. The number of ketones is 2. The number of aliphatic carboxylic acids is 1. The van der Waals surface area contributed by atoms with Crippen molar-refractivity contribution in [1.82, 2.24) is 4.90 Å². The van der Waals surface area contributed by atoms with Crippen LogP contribution in [0.4, 0.5) is 0 Å². The summed E-state index contributed by atoms with van der Waals surface area (Å²) in [6.45, 7) is 3.21. The quantitative estimate of drug-likeness (QED) is 0.221. The molecule has 1 amide bonds. The van der Waals surface area contributed by atoms with Gasteiger partial charge in [0.1, 0.15) is 17.9 Å². The molecule has 1 rings (SSSR count). The minimum Gasteiger partial charge on any atom is -0.480 e. The number of hydrogen-bond acceptors (Lipinski definition) is 9. The van der Waals surface area contributed by atoms with Gasteiger partial charge in [-0.3, -0.25) is 14.4 Å². The van der Waals surface area contributed by atoms with Crippen LogP contribution < -0.4 is 5.73 Å². The zero-order chi connectivity index (χ0) is 22.3. The van der Waals surface area contributed by atoms with Crippen LogP contribution in [0.2, 0.25) is 0 Å². The number of carboxylic acid groups (broad SMARTS) is 1. The molecular weight excluding hydrogens is 406 g/mol. The molecule has 0 spiro atoms. The molecule has 0 aromatic rings. The molecule has 1 fully saturated rings. The third-order valence-corrected chi connectivity index (χ3v) is 5.59. The van der Waals surface area contributed by atoms with Crippen LogP contribution in [0.25, 0.3) is 0 Å². The molecule has 0 aliphatic carbocycles. The van der Waals surface area contributed by atoms with Crippen LogP contribution in [-0.2, 0) is 24.0 Å². The molecule has 1 saturated heterocycles. The normalized spacial score (nSPS) is 20.4. The van der Waals surface area contributed by atoms with Crippen molar-refractivity contribution in [3.63, 3.8) is 0 Å². The lowest BCUT2D eigenvalue weighted by atomic mass is 9.94. The summed E-state index contributed by atoms with van der Waals surface area (Å²) in [5.41, 5.74) is 5.80. The summed E-state index contributed by atoms with van der Waals surface area (Å²) in [6, 6.07) is -2.10. The second-order valence-electron chi connectivity index (χ2n) is 7.19. The van der Waals surface area contributed by atoms with Gasteiger partial charge in [-0.15, -0.1) is 10.1 Å². The summed E-state index contributed by atoms with van der Waals surface area (Å²) >= 11 is 4.19. The maximum atomic E-state index is 12.6. The van der Waals surface area contributed by atoms with Crippen molar-refractivity contribution >= 4 is 36.1 Å². The molecule has 0 bridgehead atoms. The molecule has 0 saturated carbocycles. The molecule has 2 unspecified atom stereocenters. The van der Waals surface area contributed by atoms with E-state index in [1.807, 2.05) is 0 Å². The highest BCUT2D eigenvalue weighted by Gasteiger charge is 2.39. The highest BCUT2D eigenvalue weighted by molar-refractivity contribution is 7.81. The molecule has 11 nitrogen and oxygen atoms in total. The van der Waals surface area contributed by atoms with Gasteiger partial charge in [-0.05, 0) is 26.2 Å². The van der Waals surface area contributed by atoms with Gasteiger partial charge < -0.3 is 20.6 Å². The van der Waals surface area contributed by atoms with Crippen molar-refractivity contribution in [2.24, 2.45) is 11.7 Å². The van der Waals surface area contributed by atoms with Gasteiger partial charge in [0, 0.05) is 19.4 Å². The zero-order valence-corrected chi connectivity index (χ0v) is 17.2. The van der Waals surface area contributed by atoms with E-state index >= 15 is 0 Å². The van der Waals surface area contributed by atoms with Crippen LogP contribution >= 0.6 is 12.6 Å². The van der Waals surface area contributed by atoms with Crippen molar-refractivity contribution in [2.45, 2.75) is 69.4 Å². The van der Waals surface area contributed by atoms with Crippen molar-refractivity contribution < 1.29 is 34.2 Å². The molecule has 1 aliphatic heterocycles. The van der Waals surface area contributed by atoms with E-state index < -0.39 is 52.1 Å². The fourth-order valence-electron chi connectivity index (χ4n) is 3.16. The fourth-order valence-corrected chi connectivity index (χ4v) is 3.48. The number of carbonyl (C=O) groups is 4. The van der Waals surface area contributed by atoms with Gasteiger partial charge in [0.15, 0.2) is 5.78 Å². The van der Waals surface area contributed by atoms with E-state index in [1.54, 1.807) is 0 Å². The number of carboxylic acids is 1. The number of thiol groups is 1. The standard InChI is InChI=1S/C17H27N3O8S/c1-9(28-20(26)27)5-6-11(21)8-12(18)14(22)15(29)10(2)16(23)19-7-3-4-13(19)17(24)25/h9-10,12-13,15,29H,3-8,18H2,1-2H3,(H,24,25)/t9?,10-,12+,13+,15?/m1/s1. The average Bonchev–Trinajstić information content (AvgIpc) is 3.13. The van der Waals surface area contributed by atoms with E-state index in [0.717, 1.165) is 0 Å². The van der Waals surface area contributed by atoms with Gasteiger partial charge in [-0.1, -0.05) is 6.92 Å². The van der Waals surface area contributed by atoms with Crippen LogP contribution in [0.3, 0.4) is 0 Å². The number of hydrogen-bond donors (Lipinski definition) is 3. The summed E-state index contributed by atoms with van der Waals surface area (Å²) in [7, 11) is 0. The van der Waals surface area contributed by atoms with E-state index in [1.165, 1.54) is 18.7 Å². The minimum atomic E-state index is -1.18. The topological polar surface area (TPSA) is 170 Å². The third-order valence-electron chi connectivity index (χ3n) is 4.88. The number of rotatable bonds is 12. The highest BCUT2D eigenvalue weighted by Crippen LogP contribution is 2.24. The van der Waals surface area contributed by atoms with Crippen LogP contribution in [-0.4, -0.2) is 68.5 Å². The average molecular weight is 433 g/mol. The van der Waals surface area contributed by atoms with Crippen LogP contribution in [0.1, 0.15) is 46.0 Å². The van der Waals surface area contributed by atoms with Gasteiger partial charge in [0.2, 0.25) is 5.91 Å². The Kier molecular flexibility index (Phi) is 9.50. The Labute approximate surface area is 173 Å². The Morgan fingerprint density at radius 3 is 2.52 bits per heavy atom. The molecule has 164 valence electrons. The lowest BCUT2D eigenvalue weighted by molar-refractivity contribution is -0.767. The smallest absolute Gasteiger partial charge is 0.326 e. The van der Waals surface area contributed by atoms with Gasteiger partial charge in [0.25, 0.3) is 5.09 Å². The SMILES string of the molecule is CC(CCC(=O)C[C@H](N)C(=O)C(S)[C@@H](C)C(=O)N1CCC[C@H]1C(=O)O)O[N+](=O)[O-]. The van der Waals surface area contributed by atoms with E-state index in [2.05, 4.69) is 17.5 Å².